The predicted octanol–water partition coefficient (Wildman–Crippen LogP) is 6.76. The summed E-state index contributed by atoms with van der Waals surface area (Å²) in [5.74, 6) is -0.415. The minimum Gasteiger partial charge on any atom is -0.481 e. The number of rotatable bonds is 6. The van der Waals surface area contributed by atoms with Crippen molar-refractivity contribution in [1.82, 2.24) is 0 Å². The van der Waals surface area contributed by atoms with Gasteiger partial charge in [-0.15, -0.1) is 0 Å². The molecule has 35 heavy (non-hydrogen) atoms. The molecule has 3 N–H and O–H groups in total. The molecular formula is C31H50O4. The van der Waals surface area contributed by atoms with Crippen LogP contribution < -0.4 is 0 Å². The van der Waals surface area contributed by atoms with Crippen molar-refractivity contribution in [3.05, 3.63) is 23.3 Å². The minimum absolute atomic E-state index is 0.0378. The molecule has 2 unspecified atom stereocenters. The normalized spacial score (nSPS) is 43.4. The van der Waals surface area contributed by atoms with Crippen LogP contribution in [0.3, 0.4) is 0 Å². The molecule has 2 fully saturated rings. The molecular weight excluding hydrogens is 436 g/mol. The van der Waals surface area contributed by atoms with Gasteiger partial charge in [0.1, 0.15) is 0 Å². The van der Waals surface area contributed by atoms with Gasteiger partial charge in [-0.3, -0.25) is 4.79 Å². The zero-order chi connectivity index (χ0) is 26.1. The van der Waals surface area contributed by atoms with Crippen molar-refractivity contribution < 1.29 is 20.1 Å². The third-order valence-electron chi connectivity index (χ3n) is 12.3. The van der Waals surface area contributed by atoms with Crippen LogP contribution in [0.4, 0.5) is 0 Å². The number of aliphatic carboxylic acids is 1. The lowest BCUT2D eigenvalue weighted by Gasteiger charge is -2.62. The van der Waals surface area contributed by atoms with E-state index in [4.69, 9.17) is 0 Å². The largest absolute Gasteiger partial charge is 0.481 e. The summed E-state index contributed by atoms with van der Waals surface area (Å²) >= 11 is 0. The van der Waals surface area contributed by atoms with Crippen molar-refractivity contribution >= 4 is 5.97 Å². The molecule has 0 radical (unpaired) electrons. The molecule has 0 aliphatic heterocycles. The zero-order valence-corrected chi connectivity index (χ0v) is 23.3. The number of aliphatic hydroxyl groups excluding tert-OH is 2. The average molecular weight is 487 g/mol. The Bertz CT molecular complexity index is 915. The highest BCUT2D eigenvalue weighted by Gasteiger charge is 2.67. The van der Waals surface area contributed by atoms with E-state index in [0.717, 1.165) is 50.5 Å². The van der Waals surface area contributed by atoms with E-state index in [-0.39, 0.29) is 33.7 Å². The van der Waals surface area contributed by atoms with Crippen molar-refractivity contribution in [2.45, 2.75) is 118 Å². The van der Waals surface area contributed by atoms with E-state index in [1.165, 1.54) is 11.1 Å². The second-order valence-corrected chi connectivity index (χ2v) is 14.1. The number of allylic oxidation sites excluding steroid dienone is 2. The van der Waals surface area contributed by atoms with E-state index in [1.54, 1.807) is 0 Å². The highest BCUT2D eigenvalue weighted by molar-refractivity contribution is 5.71. The number of hydrogen-bond acceptors (Lipinski definition) is 3. The van der Waals surface area contributed by atoms with Crippen molar-refractivity contribution in [1.29, 1.82) is 0 Å². The third kappa shape index (κ3) is 3.71. The van der Waals surface area contributed by atoms with Gasteiger partial charge in [0.15, 0.2) is 0 Å². The van der Waals surface area contributed by atoms with Crippen LogP contribution in [-0.4, -0.2) is 33.5 Å². The highest BCUT2D eigenvalue weighted by atomic mass is 16.4. The number of hydrogen-bond donors (Lipinski definition) is 3. The molecule has 4 heteroatoms. The smallest absolute Gasteiger partial charge is 0.306 e. The molecule has 0 bridgehead atoms. The maximum absolute atomic E-state index is 12.6. The molecule has 4 nitrogen and oxygen atoms in total. The van der Waals surface area contributed by atoms with E-state index in [2.05, 4.69) is 55.0 Å². The van der Waals surface area contributed by atoms with Gasteiger partial charge in [0.05, 0.1) is 18.1 Å². The summed E-state index contributed by atoms with van der Waals surface area (Å²) < 4.78 is 0. The Morgan fingerprint density at radius 1 is 1.00 bits per heavy atom. The number of aliphatic hydroxyl groups is 2. The van der Waals surface area contributed by atoms with Crippen LogP contribution in [0, 0.1) is 45.3 Å². The van der Waals surface area contributed by atoms with Crippen molar-refractivity contribution in [3.8, 4) is 0 Å². The summed E-state index contributed by atoms with van der Waals surface area (Å²) in [6, 6.07) is 0. The Morgan fingerprint density at radius 2 is 1.66 bits per heavy atom. The van der Waals surface area contributed by atoms with Crippen LogP contribution in [-0.2, 0) is 4.79 Å². The van der Waals surface area contributed by atoms with Gasteiger partial charge in [0.2, 0.25) is 0 Å². The van der Waals surface area contributed by atoms with Crippen LogP contribution in [0.1, 0.15) is 106 Å². The Labute approximate surface area is 213 Å². The first-order chi connectivity index (χ1) is 16.1. The molecule has 0 aromatic rings. The first-order valence-corrected chi connectivity index (χ1v) is 14.1. The molecule has 4 aliphatic rings. The average Bonchev–Trinajstić information content (AvgIpc) is 2.98. The summed E-state index contributed by atoms with van der Waals surface area (Å²) in [5, 5.41) is 32.8. The topological polar surface area (TPSA) is 77.8 Å². The lowest BCUT2D eigenvalue weighted by Crippen LogP contribution is -2.56. The summed E-state index contributed by atoms with van der Waals surface area (Å²) in [7, 11) is 0. The number of fused-ring (bicyclic) bond motifs is 4. The zero-order valence-electron chi connectivity index (χ0n) is 23.3. The van der Waals surface area contributed by atoms with Gasteiger partial charge in [-0.05, 0) is 91.8 Å². The Morgan fingerprint density at radius 3 is 2.26 bits per heavy atom. The Balaban J connectivity index is 1.72. The monoisotopic (exact) mass is 486 g/mol. The first-order valence-electron chi connectivity index (χ1n) is 14.1. The maximum Gasteiger partial charge on any atom is 0.306 e. The molecule has 0 spiro atoms. The van der Waals surface area contributed by atoms with Crippen LogP contribution in [0.15, 0.2) is 23.3 Å². The van der Waals surface area contributed by atoms with Crippen molar-refractivity contribution in [2.75, 3.05) is 0 Å². The molecule has 0 aromatic carbocycles. The Kier molecular flexibility index (Phi) is 6.71. The lowest BCUT2D eigenvalue weighted by atomic mass is 9.43. The van der Waals surface area contributed by atoms with Crippen LogP contribution >= 0.6 is 0 Å². The SMILES string of the molecule is C=C(CC[C@@H](C(=O)O)C1C[C@H](O)[C@@]2(C)C3=C(CC[C@]12C)[C@@]1(C)CC[C@H](O)C(C)(C)C1CC3)C(C)C. The molecule has 198 valence electrons. The first kappa shape index (κ1) is 26.9. The fourth-order valence-corrected chi connectivity index (χ4v) is 9.49. The summed E-state index contributed by atoms with van der Waals surface area (Å²) in [6.45, 7) is 19.9. The van der Waals surface area contributed by atoms with Crippen LogP contribution in [0.25, 0.3) is 0 Å². The van der Waals surface area contributed by atoms with Crippen molar-refractivity contribution in [3.63, 3.8) is 0 Å². The van der Waals surface area contributed by atoms with Gasteiger partial charge < -0.3 is 15.3 Å². The van der Waals surface area contributed by atoms with Gasteiger partial charge in [-0.2, -0.15) is 0 Å². The molecule has 0 heterocycles. The molecule has 4 rings (SSSR count). The molecule has 8 atom stereocenters. The van der Waals surface area contributed by atoms with Crippen molar-refractivity contribution in [2.24, 2.45) is 45.3 Å². The summed E-state index contributed by atoms with van der Waals surface area (Å²) in [5.41, 5.74) is 3.40. The maximum atomic E-state index is 12.6. The van der Waals surface area contributed by atoms with Crippen LogP contribution in [0.2, 0.25) is 0 Å². The van der Waals surface area contributed by atoms with Gasteiger partial charge in [-0.1, -0.05) is 71.8 Å². The van der Waals surface area contributed by atoms with E-state index < -0.39 is 18.0 Å². The van der Waals surface area contributed by atoms with E-state index in [0.29, 0.717) is 24.7 Å². The Hall–Kier alpha value is -1.13. The number of carbonyl (C=O) groups is 1. The summed E-state index contributed by atoms with van der Waals surface area (Å²) in [4.78, 5) is 12.6. The minimum atomic E-state index is -0.720. The number of carboxylic acids is 1. The lowest BCUT2D eigenvalue weighted by molar-refractivity contribution is -0.147. The van der Waals surface area contributed by atoms with E-state index >= 15 is 0 Å². The molecule has 0 amide bonds. The van der Waals surface area contributed by atoms with Gasteiger partial charge in [0.25, 0.3) is 0 Å². The van der Waals surface area contributed by atoms with Gasteiger partial charge in [-0.25, -0.2) is 0 Å². The highest BCUT2D eigenvalue weighted by Crippen LogP contribution is 2.72. The second-order valence-electron chi connectivity index (χ2n) is 14.1. The predicted molar refractivity (Wildman–Crippen MR) is 141 cm³/mol. The molecule has 4 aliphatic carbocycles. The quantitative estimate of drug-likeness (QED) is 0.362. The van der Waals surface area contributed by atoms with E-state index in [1.807, 2.05) is 0 Å². The third-order valence-corrected chi connectivity index (χ3v) is 12.3. The van der Waals surface area contributed by atoms with Crippen LogP contribution in [0.5, 0.6) is 0 Å². The fraction of sp³-hybridized carbons (Fsp3) is 0.839. The molecule has 0 aromatic heterocycles. The van der Waals surface area contributed by atoms with Gasteiger partial charge >= 0.3 is 5.97 Å². The fourth-order valence-electron chi connectivity index (χ4n) is 9.49. The molecule has 0 saturated heterocycles. The molecule has 2 saturated carbocycles. The van der Waals surface area contributed by atoms with E-state index in [9.17, 15) is 20.1 Å². The standard InChI is InChI=1S/C31H50O4/c1-18(2)19(3)9-10-20(27(34)35)23-17-26(33)31(8)22-11-12-24-28(4,5)25(32)14-15-29(24,6)21(22)13-16-30(23,31)7/h18,20,23-26,32-33H,3,9-17H2,1-2,4-8H3,(H,34,35)/t20-,23?,24?,25+,26+,29-,30-,31-/m1/s1. The summed E-state index contributed by atoms with van der Waals surface area (Å²) in [6.07, 6.45) is 6.90. The van der Waals surface area contributed by atoms with Gasteiger partial charge in [0, 0.05) is 5.41 Å². The number of carboxylic acid groups (broad SMARTS) is 1. The second kappa shape index (κ2) is 8.72.